The average molecular weight is 237 g/mol. The highest BCUT2D eigenvalue weighted by Gasteiger charge is 2.26. The Balaban J connectivity index is 1.91. The highest BCUT2D eigenvalue weighted by molar-refractivity contribution is 4.90. The van der Waals surface area contributed by atoms with Crippen LogP contribution in [-0.4, -0.2) is 22.7 Å². The molecule has 1 aliphatic carbocycles. The monoisotopic (exact) mass is 237 g/mol. The van der Waals surface area contributed by atoms with Crippen LogP contribution in [0.2, 0.25) is 0 Å². The predicted molar refractivity (Wildman–Crippen MR) is 66.8 cm³/mol. The zero-order valence-electron chi connectivity index (χ0n) is 10.9. The van der Waals surface area contributed by atoms with E-state index < -0.39 is 0 Å². The van der Waals surface area contributed by atoms with E-state index in [1.807, 2.05) is 6.92 Å². The summed E-state index contributed by atoms with van der Waals surface area (Å²) in [7, 11) is 0. The van der Waals surface area contributed by atoms with Gasteiger partial charge >= 0.3 is 0 Å². The van der Waals surface area contributed by atoms with Crippen LogP contribution < -0.4 is 5.32 Å². The normalized spacial score (nSPS) is 25.1. The molecule has 1 N–H and O–H groups in total. The van der Waals surface area contributed by atoms with Crippen LogP contribution in [0.25, 0.3) is 0 Å². The maximum atomic E-state index is 5.23. The molecule has 4 nitrogen and oxygen atoms in total. The molecule has 0 radical (unpaired) electrons. The Kier molecular flexibility index (Phi) is 4.54. The van der Waals surface area contributed by atoms with Gasteiger partial charge in [-0.15, -0.1) is 0 Å². The van der Waals surface area contributed by atoms with Gasteiger partial charge < -0.3 is 9.84 Å². The van der Waals surface area contributed by atoms with Crippen molar-refractivity contribution in [3.63, 3.8) is 0 Å². The third-order valence-corrected chi connectivity index (χ3v) is 3.57. The van der Waals surface area contributed by atoms with E-state index in [0.29, 0.717) is 12.0 Å². The fraction of sp³-hybridized carbons (Fsp3) is 0.846. The molecule has 96 valence electrons. The molecule has 0 spiro atoms. The first-order valence-corrected chi connectivity index (χ1v) is 6.82. The summed E-state index contributed by atoms with van der Waals surface area (Å²) in [6, 6.07) is 0.635. The molecular formula is C13H23N3O. The van der Waals surface area contributed by atoms with Crippen LogP contribution >= 0.6 is 0 Å². The van der Waals surface area contributed by atoms with Gasteiger partial charge in [0.1, 0.15) is 0 Å². The number of hydrogen-bond donors (Lipinski definition) is 1. The Hall–Kier alpha value is -0.900. The topological polar surface area (TPSA) is 51.0 Å². The second-order valence-corrected chi connectivity index (χ2v) is 5.04. The molecule has 2 atom stereocenters. The lowest BCUT2D eigenvalue weighted by Crippen LogP contribution is -2.39. The number of aromatic nitrogens is 2. The molecule has 17 heavy (non-hydrogen) atoms. The number of aryl methyl sites for hydroxylation is 1. The zero-order valence-corrected chi connectivity index (χ0v) is 10.9. The number of rotatable bonds is 5. The van der Waals surface area contributed by atoms with Crippen molar-refractivity contribution in [1.29, 1.82) is 0 Å². The van der Waals surface area contributed by atoms with E-state index in [1.54, 1.807) is 0 Å². The Morgan fingerprint density at radius 3 is 2.88 bits per heavy atom. The third kappa shape index (κ3) is 3.53. The molecule has 1 saturated carbocycles. The minimum Gasteiger partial charge on any atom is -0.339 e. The van der Waals surface area contributed by atoms with Gasteiger partial charge in [0.25, 0.3) is 0 Å². The molecule has 1 aliphatic rings. The predicted octanol–water partition coefficient (Wildman–Crippen LogP) is 2.48. The number of nitrogens with one attached hydrogen (secondary N) is 1. The maximum Gasteiger partial charge on any atom is 0.226 e. The Labute approximate surface area is 103 Å². The van der Waals surface area contributed by atoms with Crippen molar-refractivity contribution in [2.75, 3.05) is 6.54 Å². The lowest BCUT2D eigenvalue weighted by atomic mass is 9.82. The summed E-state index contributed by atoms with van der Waals surface area (Å²) in [5, 5.41) is 7.52. The van der Waals surface area contributed by atoms with Gasteiger partial charge in [0.05, 0.1) is 0 Å². The van der Waals surface area contributed by atoms with Crippen molar-refractivity contribution in [3.8, 4) is 0 Å². The molecule has 1 heterocycles. The van der Waals surface area contributed by atoms with Crippen LogP contribution in [0.15, 0.2) is 4.52 Å². The molecule has 0 bridgehead atoms. The molecule has 0 saturated heterocycles. The smallest absolute Gasteiger partial charge is 0.226 e. The largest absolute Gasteiger partial charge is 0.339 e. The van der Waals surface area contributed by atoms with E-state index in [1.165, 1.54) is 32.1 Å². The highest BCUT2D eigenvalue weighted by Crippen LogP contribution is 2.27. The van der Waals surface area contributed by atoms with Crippen molar-refractivity contribution in [2.24, 2.45) is 5.92 Å². The summed E-state index contributed by atoms with van der Waals surface area (Å²) >= 11 is 0. The van der Waals surface area contributed by atoms with Gasteiger partial charge in [0.2, 0.25) is 5.89 Å². The summed E-state index contributed by atoms with van der Waals surface area (Å²) in [6.07, 6.45) is 7.38. The molecule has 1 fully saturated rings. The molecule has 1 aromatic rings. The van der Waals surface area contributed by atoms with E-state index in [2.05, 4.69) is 22.4 Å². The van der Waals surface area contributed by atoms with Crippen LogP contribution in [0.5, 0.6) is 0 Å². The van der Waals surface area contributed by atoms with Gasteiger partial charge in [-0.25, -0.2) is 0 Å². The number of hydrogen-bond acceptors (Lipinski definition) is 4. The summed E-state index contributed by atoms with van der Waals surface area (Å²) in [4.78, 5) is 4.31. The molecule has 2 unspecified atom stereocenters. The van der Waals surface area contributed by atoms with Crippen LogP contribution in [0.3, 0.4) is 0 Å². The summed E-state index contributed by atoms with van der Waals surface area (Å²) in [5.74, 6) is 2.21. The summed E-state index contributed by atoms with van der Waals surface area (Å²) in [6.45, 7) is 5.21. The van der Waals surface area contributed by atoms with Gasteiger partial charge in [-0.05, 0) is 38.6 Å². The Bertz CT molecular complexity index is 337. The Morgan fingerprint density at radius 2 is 2.18 bits per heavy atom. The minimum atomic E-state index is 0.635. The van der Waals surface area contributed by atoms with Gasteiger partial charge in [0.15, 0.2) is 5.82 Å². The molecule has 0 aliphatic heterocycles. The second kappa shape index (κ2) is 6.15. The Morgan fingerprint density at radius 1 is 1.35 bits per heavy atom. The van der Waals surface area contributed by atoms with E-state index >= 15 is 0 Å². The minimum absolute atomic E-state index is 0.635. The summed E-state index contributed by atoms with van der Waals surface area (Å²) < 4.78 is 5.23. The molecule has 0 aromatic carbocycles. The average Bonchev–Trinajstić information content (AvgIpc) is 2.74. The lowest BCUT2D eigenvalue weighted by molar-refractivity contribution is 0.240. The fourth-order valence-electron chi connectivity index (χ4n) is 2.70. The van der Waals surface area contributed by atoms with Crippen LogP contribution in [-0.2, 0) is 6.42 Å². The maximum absolute atomic E-state index is 5.23. The number of nitrogens with zero attached hydrogens (tertiary/aromatic N) is 2. The van der Waals surface area contributed by atoms with E-state index in [4.69, 9.17) is 4.52 Å². The van der Waals surface area contributed by atoms with Gasteiger partial charge in [-0.2, -0.15) is 4.98 Å². The van der Waals surface area contributed by atoms with E-state index in [-0.39, 0.29) is 0 Å². The first-order chi connectivity index (χ1) is 8.29. The van der Waals surface area contributed by atoms with Gasteiger partial charge in [-0.1, -0.05) is 24.9 Å². The van der Waals surface area contributed by atoms with Crippen molar-refractivity contribution >= 4 is 0 Å². The quantitative estimate of drug-likeness (QED) is 0.854. The molecule has 0 amide bonds. The fourth-order valence-corrected chi connectivity index (χ4v) is 2.70. The van der Waals surface area contributed by atoms with E-state index in [0.717, 1.165) is 24.7 Å². The van der Waals surface area contributed by atoms with Crippen molar-refractivity contribution < 1.29 is 4.52 Å². The van der Waals surface area contributed by atoms with Crippen molar-refractivity contribution in [2.45, 2.75) is 58.4 Å². The van der Waals surface area contributed by atoms with Crippen LogP contribution in [0, 0.1) is 12.8 Å². The van der Waals surface area contributed by atoms with Crippen molar-refractivity contribution in [1.82, 2.24) is 15.5 Å². The third-order valence-electron chi connectivity index (χ3n) is 3.57. The molecule has 1 aromatic heterocycles. The van der Waals surface area contributed by atoms with Gasteiger partial charge in [-0.3, -0.25) is 0 Å². The lowest BCUT2D eigenvalue weighted by Gasteiger charge is -2.31. The van der Waals surface area contributed by atoms with Gasteiger partial charge in [0, 0.05) is 12.5 Å². The van der Waals surface area contributed by atoms with Crippen molar-refractivity contribution in [3.05, 3.63) is 11.7 Å². The molecule has 2 rings (SSSR count). The first-order valence-electron chi connectivity index (χ1n) is 6.82. The molecular weight excluding hydrogens is 214 g/mol. The van der Waals surface area contributed by atoms with E-state index in [9.17, 15) is 0 Å². The molecule has 4 heteroatoms. The zero-order chi connectivity index (χ0) is 12.1. The van der Waals surface area contributed by atoms with Crippen LogP contribution in [0.1, 0.15) is 50.7 Å². The second-order valence-electron chi connectivity index (χ2n) is 5.04. The highest BCUT2D eigenvalue weighted by atomic mass is 16.5. The standard InChI is InChI=1S/C13H23N3O/c1-3-8-14-12-7-5-4-6-11(12)9-13-15-10(2)16-17-13/h11-12,14H,3-9H2,1-2H3. The summed E-state index contributed by atoms with van der Waals surface area (Å²) in [5.41, 5.74) is 0. The first kappa shape index (κ1) is 12.6. The SMILES string of the molecule is CCCNC1CCCCC1Cc1nc(C)no1. The van der Waals surface area contributed by atoms with Crippen LogP contribution in [0.4, 0.5) is 0 Å².